The fourth-order valence-electron chi connectivity index (χ4n) is 2.97. The van der Waals surface area contributed by atoms with Crippen LogP contribution in [-0.4, -0.2) is 32.5 Å². The molecule has 1 atom stereocenters. The van der Waals surface area contributed by atoms with Crippen molar-refractivity contribution < 1.29 is 9.90 Å². The number of benzene rings is 2. The Labute approximate surface area is 147 Å². The second-order valence-corrected chi connectivity index (χ2v) is 6.64. The summed E-state index contributed by atoms with van der Waals surface area (Å²) in [6.45, 7) is 2.07. The molecule has 130 valence electrons. The zero-order chi connectivity index (χ0) is 18.0. The highest BCUT2D eigenvalue weighted by Gasteiger charge is 2.28. The predicted octanol–water partition coefficient (Wildman–Crippen LogP) is 2.83. The molecule has 0 fully saturated rings. The van der Waals surface area contributed by atoms with E-state index in [4.69, 9.17) is 0 Å². The minimum Gasteiger partial charge on any atom is -0.385 e. The molecule has 2 aromatic carbocycles. The third-order valence-electron chi connectivity index (χ3n) is 4.58. The van der Waals surface area contributed by atoms with E-state index in [1.165, 1.54) is 0 Å². The smallest absolute Gasteiger partial charge is 0.225 e. The van der Waals surface area contributed by atoms with E-state index < -0.39 is 5.60 Å². The molecule has 3 rings (SSSR count). The number of rotatable bonds is 5. The monoisotopic (exact) mass is 337 g/mol. The van der Waals surface area contributed by atoms with Gasteiger partial charge in [0.1, 0.15) is 5.82 Å². The van der Waals surface area contributed by atoms with Gasteiger partial charge in [0.25, 0.3) is 0 Å². The first kappa shape index (κ1) is 17.2. The highest BCUT2D eigenvalue weighted by molar-refractivity contribution is 5.78. The van der Waals surface area contributed by atoms with Crippen molar-refractivity contribution >= 4 is 16.9 Å². The molecule has 0 spiro atoms. The first-order valence-corrected chi connectivity index (χ1v) is 8.31. The van der Waals surface area contributed by atoms with Crippen molar-refractivity contribution in [1.82, 2.24) is 14.5 Å². The van der Waals surface area contributed by atoms with Crippen LogP contribution in [-0.2, 0) is 24.0 Å². The molecule has 0 bridgehead atoms. The lowest BCUT2D eigenvalue weighted by molar-refractivity contribution is -0.135. The summed E-state index contributed by atoms with van der Waals surface area (Å²) >= 11 is 0. The average Bonchev–Trinajstić information content (AvgIpc) is 2.91. The predicted molar refractivity (Wildman–Crippen MR) is 97.8 cm³/mol. The van der Waals surface area contributed by atoms with Crippen LogP contribution in [0.25, 0.3) is 11.0 Å². The molecule has 1 amide bonds. The number of aromatic nitrogens is 2. The van der Waals surface area contributed by atoms with E-state index in [1.807, 2.05) is 66.2 Å². The van der Waals surface area contributed by atoms with Crippen molar-refractivity contribution in [3.8, 4) is 0 Å². The number of aryl methyl sites for hydroxylation is 1. The van der Waals surface area contributed by atoms with E-state index >= 15 is 0 Å². The van der Waals surface area contributed by atoms with Crippen LogP contribution in [0, 0.1) is 0 Å². The maximum absolute atomic E-state index is 12.6. The normalized spacial score (nSPS) is 13.6. The molecule has 25 heavy (non-hydrogen) atoms. The van der Waals surface area contributed by atoms with Gasteiger partial charge >= 0.3 is 0 Å². The second-order valence-electron chi connectivity index (χ2n) is 6.64. The second kappa shape index (κ2) is 6.69. The van der Waals surface area contributed by atoms with Gasteiger partial charge in [-0.15, -0.1) is 0 Å². The molecule has 1 N–H and O–H groups in total. The summed E-state index contributed by atoms with van der Waals surface area (Å²) in [5, 5.41) is 10.7. The fraction of sp³-hybridized carbons (Fsp3) is 0.300. The maximum Gasteiger partial charge on any atom is 0.225 e. The summed E-state index contributed by atoms with van der Waals surface area (Å²) < 4.78 is 1.99. The zero-order valence-corrected chi connectivity index (χ0v) is 14.8. The van der Waals surface area contributed by atoms with Crippen molar-refractivity contribution in [3.05, 3.63) is 66.0 Å². The Morgan fingerprint density at radius 1 is 1.16 bits per heavy atom. The van der Waals surface area contributed by atoms with Crippen molar-refractivity contribution in [1.29, 1.82) is 0 Å². The molecule has 5 heteroatoms. The van der Waals surface area contributed by atoms with Crippen molar-refractivity contribution in [3.63, 3.8) is 0 Å². The lowest BCUT2D eigenvalue weighted by Gasteiger charge is -2.26. The van der Waals surface area contributed by atoms with E-state index in [9.17, 15) is 9.90 Å². The zero-order valence-electron chi connectivity index (χ0n) is 14.8. The van der Waals surface area contributed by atoms with E-state index in [2.05, 4.69) is 4.98 Å². The SMILES string of the molecule is CN(Cc1nc2ccccc2n1C)C(=O)CC(C)(O)c1ccccc1. The number of amides is 1. The van der Waals surface area contributed by atoms with Crippen LogP contribution in [0.1, 0.15) is 24.7 Å². The molecule has 0 saturated carbocycles. The Morgan fingerprint density at radius 2 is 1.80 bits per heavy atom. The van der Waals surface area contributed by atoms with Crippen LogP contribution >= 0.6 is 0 Å². The van der Waals surface area contributed by atoms with Gasteiger partial charge in [0.2, 0.25) is 5.91 Å². The Balaban J connectivity index is 1.73. The molecule has 1 aromatic heterocycles. The van der Waals surface area contributed by atoms with Crippen LogP contribution < -0.4 is 0 Å². The summed E-state index contributed by atoms with van der Waals surface area (Å²) in [5.41, 5.74) is 1.49. The minimum atomic E-state index is -1.20. The topological polar surface area (TPSA) is 58.4 Å². The van der Waals surface area contributed by atoms with Crippen LogP contribution in [0.5, 0.6) is 0 Å². The van der Waals surface area contributed by atoms with Crippen LogP contribution in [0.4, 0.5) is 0 Å². The van der Waals surface area contributed by atoms with Crippen LogP contribution in [0.2, 0.25) is 0 Å². The number of para-hydroxylation sites is 2. The van der Waals surface area contributed by atoms with Gasteiger partial charge in [0.15, 0.2) is 0 Å². The van der Waals surface area contributed by atoms with E-state index in [-0.39, 0.29) is 12.3 Å². The molecule has 1 unspecified atom stereocenters. The van der Waals surface area contributed by atoms with Gasteiger partial charge in [-0.25, -0.2) is 4.98 Å². The van der Waals surface area contributed by atoms with Gasteiger partial charge in [-0.2, -0.15) is 0 Å². The van der Waals surface area contributed by atoms with Crippen molar-refractivity contribution in [2.45, 2.75) is 25.5 Å². The molecular formula is C20H23N3O2. The Hall–Kier alpha value is -2.66. The van der Waals surface area contributed by atoms with E-state index in [0.29, 0.717) is 6.54 Å². The Bertz CT molecular complexity index is 884. The van der Waals surface area contributed by atoms with Gasteiger partial charge in [-0.1, -0.05) is 42.5 Å². The molecule has 0 aliphatic heterocycles. The first-order valence-electron chi connectivity index (χ1n) is 8.31. The fourth-order valence-corrected chi connectivity index (χ4v) is 2.97. The van der Waals surface area contributed by atoms with Gasteiger partial charge < -0.3 is 14.6 Å². The minimum absolute atomic E-state index is 0.0253. The van der Waals surface area contributed by atoms with Gasteiger partial charge in [0, 0.05) is 14.1 Å². The summed E-state index contributed by atoms with van der Waals surface area (Å²) in [6.07, 6.45) is 0.0253. The lowest BCUT2D eigenvalue weighted by atomic mass is 9.92. The van der Waals surface area contributed by atoms with Gasteiger partial charge in [-0.3, -0.25) is 4.79 Å². The largest absolute Gasteiger partial charge is 0.385 e. The summed E-state index contributed by atoms with van der Waals surface area (Å²) in [4.78, 5) is 18.8. The molecule has 0 saturated heterocycles. The summed E-state index contributed by atoms with van der Waals surface area (Å²) in [6, 6.07) is 17.2. The molecule has 5 nitrogen and oxygen atoms in total. The standard InChI is InChI=1S/C20H23N3O2/c1-20(25,15-9-5-4-6-10-15)13-19(24)22(2)14-18-21-16-11-7-8-12-17(16)23(18)3/h4-12,25H,13-14H2,1-3H3. The number of imidazole rings is 1. The lowest BCUT2D eigenvalue weighted by Crippen LogP contribution is -2.34. The number of aliphatic hydroxyl groups is 1. The number of nitrogens with zero attached hydrogens (tertiary/aromatic N) is 3. The highest BCUT2D eigenvalue weighted by atomic mass is 16.3. The van der Waals surface area contributed by atoms with Crippen molar-refractivity contribution in [2.24, 2.45) is 7.05 Å². The van der Waals surface area contributed by atoms with E-state index in [0.717, 1.165) is 22.4 Å². The quantitative estimate of drug-likeness (QED) is 0.779. The molecule has 0 aliphatic rings. The Morgan fingerprint density at radius 3 is 2.48 bits per heavy atom. The number of hydrogen-bond donors (Lipinski definition) is 1. The average molecular weight is 337 g/mol. The first-order chi connectivity index (χ1) is 11.9. The highest BCUT2D eigenvalue weighted by Crippen LogP contribution is 2.25. The Kier molecular flexibility index (Phi) is 4.59. The molecule has 3 aromatic rings. The van der Waals surface area contributed by atoms with Gasteiger partial charge in [0.05, 0.1) is 29.6 Å². The van der Waals surface area contributed by atoms with E-state index in [1.54, 1.807) is 18.9 Å². The van der Waals surface area contributed by atoms with Crippen LogP contribution in [0.3, 0.4) is 0 Å². The van der Waals surface area contributed by atoms with Crippen molar-refractivity contribution in [2.75, 3.05) is 7.05 Å². The number of hydrogen-bond acceptors (Lipinski definition) is 3. The van der Waals surface area contributed by atoms with Crippen LogP contribution in [0.15, 0.2) is 54.6 Å². The molecule has 0 aliphatic carbocycles. The maximum atomic E-state index is 12.6. The summed E-state index contributed by atoms with van der Waals surface area (Å²) in [5.74, 6) is 0.692. The molecule has 1 heterocycles. The third-order valence-corrected chi connectivity index (χ3v) is 4.58. The van der Waals surface area contributed by atoms with Gasteiger partial charge in [-0.05, 0) is 24.6 Å². The third kappa shape index (κ3) is 3.56. The summed E-state index contributed by atoms with van der Waals surface area (Å²) in [7, 11) is 3.69. The molecule has 0 radical (unpaired) electrons. The number of carbonyl (C=O) groups is 1. The number of carbonyl (C=O) groups excluding carboxylic acids is 1. The molecular weight excluding hydrogens is 314 g/mol. The number of fused-ring (bicyclic) bond motifs is 1.